The molecule has 4 aromatic rings. The molecule has 0 saturated heterocycles. The van der Waals surface area contributed by atoms with Crippen molar-refractivity contribution in [2.75, 3.05) is 26.2 Å². The number of carbonyl (C=O) groups is 4. The number of benzene rings is 4. The molecule has 0 spiro atoms. The Kier molecular flexibility index (Phi) is 15.2. The van der Waals surface area contributed by atoms with E-state index in [9.17, 15) is 19.2 Å². The Balaban J connectivity index is 1.52. The minimum absolute atomic E-state index is 0.0234. The van der Waals surface area contributed by atoms with Crippen molar-refractivity contribution < 1.29 is 33.4 Å². The Morgan fingerprint density at radius 1 is 0.647 bits per heavy atom. The van der Waals surface area contributed by atoms with Crippen LogP contribution in [0.4, 0.5) is 4.79 Å². The third-order valence-corrected chi connectivity index (χ3v) is 7.84. The third kappa shape index (κ3) is 13.4. The van der Waals surface area contributed by atoms with Gasteiger partial charge in [0.15, 0.2) is 6.10 Å². The number of nitrogens with zero attached hydrogens (tertiary/aromatic N) is 1. The van der Waals surface area contributed by atoms with E-state index in [-0.39, 0.29) is 57.7 Å². The molecule has 2 atom stereocenters. The van der Waals surface area contributed by atoms with E-state index in [1.807, 2.05) is 129 Å². The Hall–Kier alpha value is -5.48. The molecule has 0 fully saturated rings. The van der Waals surface area contributed by atoms with Gasteiger partial charge in [0.1, 0.15) is 19.3 Å². The van der Waals surface area contributed by atoms with Crippen molar-refractivity contribution in [3.8, 4) is 11.1 Å². The van der Waals surface area contributed by atoms with Gasteiger partial charge in [0.25, 0.3) is 0 Å². The number of hydrogen-bond donors (Lipinski definition) is 2. The van der Waals surface area contributed by atoms with Gasteiger partial charge in [-0.15, -0.1) is 0 Å². The zero-order chi connectivity index (χ0) is 36.4. The highest BCUT2D eigenvalue weighted by Gasteiger charge is 2.30. The van der Waals surface area contributed by atoms with Crippen LogP contribution in [0.25, 0.3) is 11.1 Å². The molecule has 0 aliphatic rings. The van der Waals surface area contributed by atoms with Gasteiger partial charge >= 0.3 is 18.0 Å². The van der Waals surface area contributed by atoms with E-state index in [4.69, 9.17) is 14.2 Å². The normalized spacial score (nSPS) is 12.0. The van der Waals surface area contributed by atoms with Gasteiger partial charge in [-0.05, 0) is 33.7 Å². The number of amides is 3. The third-order valence-electron chi connectivity index (χ3n) is 7.84. The van der Waals surface area contributed by atoms with Crippen LogP contribution in [0.15, 0.2) is 115 Å². The van der Waals surface area contributed by atoms with Crippen LogP contribution in [0.1, 0.15) is 37.5 Å². The van der Waals surface area contributed by atoms with E-state index in [0.717, 1.165) is 27.8 Å². The summed E-state index contributed by atoms with van der Waals surface area (Å²) < 4.78 is 17.2. The molecule has 0 heterocycles. The molecule has 1 unspecified atom stereocenters. The van der Waals surface area contributed by atoms with Crippen LogP contribution in [0, 0.1) is 5.92 Å². The molecular weight excluding hydrogens is 646 g/mol. The van der Waals surface area contributed by atoms with Crippen LogP contribution >= 0.6 is 0 Å². The molecule has 2 N–H and O–H groups in total. The van der Waals surface area contributed by atoms with Crippen molar-refractivity contribution >= 4 is 23.9 Å². The highest BCUT2D eigenvalue weighted by molar-refractivity contribution is 5.84. The van der Waals surface area contributed by atoms with Crippen molar-refractivity contribution in [1.82, 2.24) is 15.5 Å². The van der Waals surface area contributed by atoms with Crippen LogP contribution in [0.2, 0.25) is 0 Å². The average Bonchev–Trinajstić information content (AvgIpc) is 3.14. The van der Waals surface area contributed by atoms with Crippen LogP contribution < -0.4 is 10.6 Å². The average molecular weight is 694 g/mol. The van der Waals surface area contributed by atoms with E-state index < -0.39 is 30.1 Å². The van der Waals surface area contributed by atoms with Gasteiger partial charge in [-0.25, -0.2) is 14.4 Å². The number of esters is 2. The number of carbonyl (C=O) groups excluding carboxylic acids is 4. The highest BCUT2D eigenvalue weighted by atomic mass is 16.6. The quantitative estimate of drug-likeness (QED) is 0.0977. The first kappa shape index (κ1) is 38.3. The van der Waals surface area contributed by atoms with Crippen LogP contribution in [-0.4, -0.2) is 67.2 Å². The van der Waals surface area contributed by atoms with E-state index in [1.54, 1.807) is 0 Å². The number of nitrogens with one attached hydrogen (secondary N) is 2. The van der Waals surface area contributed by atoms with E-state index >= 15 is 0 Å². The van der Waals surface area contributed by atoms with Crippen molar-refractivity contribution in [2.45, 2.75) is 52.6 Å². The molecule has 10 heteroatoms. The zero-order valence-corrected chi connectivity index (χ0v) is 29.5. The van der Waals surface area contributed by atoms with E-state index in [0.29, 0.717) is 0 Å². The van der Waals surface area contributed by atoms with Crippen molar-refractivity contribution in [2.24, 2.45) is 5.92 Å². The molecule has 0 aliphatic heterocycles. The van der Waals surface area contributed by atoms with Gasteiger partial charge in [0.2, 0.25) is 5.91 Å². The molecule has 4 rings (SSSR count). The molecule has 0 aromatic heterocycles. The lowest BCUT2D eigenvalue weighted by Gasteiger charge is -2.30. The minimum Gasteiger partial charge on any atom is -0.462 e. The molecule has 0 saturated carbocycles. The monoisotopic (exact) mass is 693 g/mol. The van der Waals surface area contributed by atoms with Crippen molar-refractivity contribution in [3.05, 3.63) is 132 Å². The molecule has 268 valence electrons. The Bertz CT molecular complexity index is 1670. The first-order valence-corrected chi connectivity index (χ1v) is 17.1. The number of rotatable bonds is 18. The van der Waals surface area contributed by atoms with E-state index in [2.05, 4.69) is 10.6 Å². The molecule has 0 radical (unpaired) electrons. The first-order valence-electron chi connectivity index (χ1n) is 17.1. The largest absolute Gasteiger partial charge is 0.462 e. The molecule has 51 heavy (non-hydrogen) atoms. The van der Waals surface area contributed by atoms with Crippen molar-refractivity contribution in [1.29, 1.82) is 0 Å². The summed E-state index contributed by atoms with van der Waals surface area (Å²) in [5.41, 5.74) is 4.59. The number of ether oxygens (including phenoxy) is 3. The summed E-state index contributed by atoms with van der Waals surface area (Å²) >= 11 is 0. The number of hydrogen-bond acceptors (Lipinski definition) is 7. The standard InChI is InChI=1S/C41H47N3O7/c1-30(2)26-44(27-38(40(47)49-24-23-42-31(3)45)50-28-33-13-7-4-8-14-33)41(48)43-37(39(46)51-29-34-15-9-5-10-16-34)25-32-19-21-36(22-20-32)35-17-11-6-12-18-35/h4-22,30,37-38H,23-29H2,1-3H3,(H,42,45)(H,43,48)/t37-,38?/m0/s1. The molecule has 0 bridgehead atoms. The fourth-order valence-electron chi connectivity index (χ4n) is 5.28. The zero-order valence-electron chi connectivity index (χ0n) is 29.5. The maximum absolute atomic E-state index is 14.0. The first-order chi connectivity index (χ1) is 24.7. The molecular formula is C41H47N3O7. The predicted octanol–water partition coefficient (Wildman–Crippen LogP) is 5.94. The maximum atomic E-state index is 14.0. The summed E-state index contributed by atoms with van der Waals surface area (Å²) in [5, 5.41) is 5.48. The summed E-state index contributed by atoms with van der Waals surface area (Å²) in [5.74, 6) is -1.48. The van der Waals surface area contributed by atoms with Gasteiger partial charge in [0, 0.05) is 19.9 Å². The van der Waals surface area contributed by atoms with Gasteiger partial charge in [-0.1, -0.05) is 129 Å². The number of urea groups is 1. The van der Waals surface area contributed by atoms with Crippen molar-refractivity contribution in [3.63, 3.8) is 0 Å². The fraction of sp³-hybridized carbons (Fsp3) is 0.317. The second-order valence-electron chi connectivity index (χ2n) is 12.6. The lowest BCUT2D eigenvalue weighted by Crippen LogP contribution is -2.53. The molecule has 3 amide bonds. The SMILES string of the molecule is CC(=O)NCCOC(=O)C(CN(CC(C)C)C(=O)N[C@@H](Cc1ccc(-c2ccccc2)cc1)C(=O)OCc1ccccc1)OCc1ccccc1. The lowest BCUT2D eigenvalue weighted by molar-refractivity contribution is -0.159. The fourth-order valence-corrected chi connectivity index (χ4v) is 5.28. The molecule has 10 nitrogen and oxygen atoms in total. The van der Waals surface area contributed by atoms with Gasteiger partial charge < -0.3 is 29.7 Å². The Morgan fingerprint density at radius 3 is 1.80 bits per heavy atom. The second-order valence-corrected chi connectivity index (χ2v) is 12.6. The molecule has 4 aromatic carbocycles. The molecule has 0 aliphatic carbocycles. The van der Waals surface area contributed by atoms with E-state index in [1.165, 1.54) is 11.8 Å². The topological polar surface area (TPSA) is 123 Å². The van der Waals surface area contributed by atoms with Crippen LogP contribution in [0.3, 0.4) is 0 Å². The van der Waals surface area contributed by atoms with Gasteiger partial charge in [-0.2, -0.15) is 0 Å². The summed E-state index contributed by atoms with van der Waals surface area (Å²) in [4.78, 5) is 53.6. The summed E-state index contributed by atoms with van der Waals surface area (Å²) in [7, 11) is 0. The van der Waals surface area contributed by atoms with Gasteiger partial charge in [-0.3, -0.25) is 4.79 Å². The summed E-state index contributed by atoms with van der Waals surface area (Å²) in [6.45, 7) is 5.66. The highest BCUT2D eigenvalue weighted by Crippen LogP contribution is 2.20. The van der Waals surface area contributed by atoms with Gasteiger partial charge in [0.05, 0.1) is 19.7 Å². The van der Waals surface area contributed by atoms with Crippen LogP contribution in [0.5, 0.6) is 0 Å². The Labute approximate surface area is 300 Å². The predicted molar refractivity (Wildman–Crippen MR) is 195 cm³/mol. The maximum Gasteiger partial charge on any atom is 0.337 e. The second kappa shape index (κ2) is 20.3. The Morgan fingerprint density at radius 2 is 1.22 bits per heavy atom. The smallest absolute Gasteiger partial charge is 0.337 e. The minimum atomic E-state index is -1.14. The van der Waals surface area contributed by atoms with Crippen LogP contribution in [-0.2, 0) is 48.2 Å². The summed E-state index contributed by atoms with van der Waals surface area (Å²) in [6.07, 6.45) is -0.954. The summed E-state index contributed by atoms with van der Waals surface area (Å²) in [6, 6.07) is 34.9. The lowest BCUT2D eigenvalue weighted by atomic mass is 10.0.